The van der Waals surface area contributed by atoms with Crippen molar-refractivity contribution in [2.24, 2.45) is 11.7 Å². The van der Waals surface area contributed by atoms with Gasteiger partial charge in [0, 0.05) is 30.9 Å². The summed E-state index contributed by atoms with van der Waals surface area (Å²) in [5.41, 5.74) is 6.43. The van der Waals surface area contributed by atoms with Crippen molar-refractivity contribution < 1.29 is 19.2 Å². The van der Waals surface area contributed by atoms with Crippen molar-refractivity contribution in [3.63, 3.8) is 0 Å². The average Bonchev–Trinajstić information content (AvgIpc) is 3.28. The number of aryl methyl sites for hydroxylation is 1. The van der Waals surface area contributed by atoms with Gasteiger partial charge in [-0.3, -0.25) is 23.9 Å². The maximum absolute atomic E-state index is 12.4. The predicted molar refractivity (Wildman–Crippen MR) is 129 cm³/mol. The molecule has 35 heavy (non-hydrogen) atoms. The molecular weight excluding hydrogens is 474 g/mol. The number of unbranched alkanes of at least 4 members (excludes halogenated alkanes) is 2. The van der Waals surface area contributed by atoms with Gasteiger partial charge in [-0.25, -0.2) is 4.98 Å². The zero-order valence-corrected chi connectivity index (χ0v) is 20.6. The van der Waals surface area contributed by atoms with E-state index in [0.717, 1.165) is 18.4 Å². The summed E-state index contributed by atoms with van der Waals surface area (Å²) in [4.78, 5) is 53.9. The van der Waals surface area contributed by atoms with Crippen molar-refractivity contribution in [3.8, 4) is 11.3 Å². The summed E-state index contributed by atoms with van der Waals surface area (Å²) in [7, 11) is 0. The number of nitrogens with one attached hydrogen (secondary N) is 4. The van der Waals surface area contributed by atoms with Gasteiger partial charge in [0.05, 0.1) is 19.3 Å². The van der Waals surface area contributed by atoms with Gasteiger partial charge in [-0.2, -0.15) is 0 Å². The van der Waals surface area contributed by atoms with Gasteiger partial charge < -0.3 is 26.7 Å². The molecule has 2 rings (SSSR count). The number of primary amides is 1. The lowest BCUT2D eigenvalue weighted by Crippen LogP contribution is -2.51. The second-order valence-electron chi connectivity index (χ2n) is 8.23. The van der Waals surface area contributed by atoms with Crippen LogP contribution in [-0.4, -0.2) is 67.7 Å². The molecule has 13 nitrogen and oxygen atoms in total. The second-order valence-corrected chi connectivity index (χ2v) is 8.62. The Balaban J connectivity index is 1.68. The van der Waals surface area contributed by atoms with Gasteiger partial charge in [0.1, 0.15) is 11.7 Å². The van der Waals surface area contributed by atoms with Crippen LogP contribution in [0.2, 0.25) is 0 Å². The summed E-state index contributed by atoms with van der Waals surface area (Å²) < 4.78 is 2.13. The lowest BCUT2D eigenvalue weighted by molar-refractivity contribution is -0.131. The molecule has 190 valence electrons. The van der Waals surface area contributed by atoms with Gasteiger partial charge in [0.2, 0.25) is 23.6 Å². The highest BCUT2D eigenvalue weighted by Crippen LogP contribution is 2.13. The Morgan fingerprint density at radius 1 is 1.11 bits per heavy atom. The summed E-state index contributed by atoms with van der Waals surface area (Å²) in [6.45, 7) is 3.62. The molecule has 0 saturated heterocycles. The molecule has 1 atom stereocenters. The molecule has 1 unspecified atom stereocenters. The third kappa shape index (κ3) is 10.00. The van der Waals surface area contributed by atoms with Crippen molar-refractivity contribution in [1.29, 1.82) is 0 Å². The number of nitrogens with zero attached hydrogens (tertiary/aromatic N) is 4. The molecule has 6 N–H and O–H groups in total. The molecule has 0 fully saturated rings. The van der Waals surface area contributed by atoms with Crippen molar-refractivity contribution in [2.45, 2.75) is 52.1 Å². The third-order valence-electron chi connectivity index (χ3n) is 4.95. The first-order valence-corrected chi connectivity index (χ1v) is 11.6. The molecule has 0 aliphatic carbocycles. The van der Waals surface area contributed by atoms with Gasteiger partial charge in [0.25, 0.3) is 0 Å². The maximum atomic E-state index is 12.4. The lowest BCUT2D eigenvalue weighted by Gasteiger charge is -2.21. The summed E-state index contributed by atoms with van der Waals surface area (Å²) in [5, 5.41) is 15.7. The van der Waals surface area contributed by atoms with E-state index in [0.29, 0.717) is 23.4 Å². The van der Waals surface area contributed by atoms with Gasteiger partial charge in [-0.05, 0) is 31.0 Å². The van der Waals surface area contributed by atoms with E-state index in [1.165, 1.54) is 0 Å². The minimum Gasteiger partial charge on any atom is -0.368 e. The van der Waals surface area contributed by atoms with Crippen LogP contribution in [0.5, 0.6) is 0 Å². The molecule has 4 amide bonds. The predicted octanol–water partition coefficient (Wildman–Crippen LogP) is -0.183. The molecular formula is C21H31N9O4S. The number of hydrogen-bond donors (Lipinski definition) is 5. The van der Waals surface area contributed by atoms with Crippen LogP contribution in [0.3, 0.4) is 0 Å². The number of hydrogen-bond acceptors (Lipinski definition) is 8. The number of H-pyrrole nitrogens is 1. The largest absolute Gasteiger partial charge is 0.368 e. The Hall–Kier alpha value is -3.68. The molecule has 2 aromatic heterocycles. The zero-order valence-electron chi connectivity index (χ0n) is 19.7. The van der Waals surface area contributed by atoms with Crippen molar-refractivity contribution in [2.75, 3.05) is 13.1 Å². The molecule has 14 heteroatoms. The van der Waals surface area contributed by atoms with Gasteiger partial charge >= 0.3 is 0 Å². The van der Waals surface area contributed by atoms with E-state index < -0.39 is 23.8 Å². The fraction of sp³-hybridized carbons (Fsp3) is 0.524. The minimum atomic E-state index is -0.776. The van der Waals surface area contributed by atoms with Crippen molar-refractivity contribution in [3.05, 3.63) is 23.4 Å². The molecule has 2 aromatic rings. The first-order chi connectivity index (χ1) is 16.7. The van der Waals surface area contributed by atoms with Gasteiger partial charge in [-0.1, -0.05) is 25.5 Å². The van der Waals surface area contributed by atoms with E-state index in [4.69, 9.17) is 18.0 Å². The Morgan fingerprint density at radius 3 is 2.54 bits per heavy atom. The molecule has 0 radical (unpaired) electrons. The van der Waals surface area contributed by atoms with Crippen LogP contribution in [0.15, 0.2) is 18.6 Å². The van der Waals surface area contributed by atoms with Crippen molar-refractivity contribution in [1.82, 2.24) is 40.9 Å². The number of aromatic amines is 1. The number of rotatable bonds is 14. The Labute approximate surface area is 207 Å². The Morgan fingerprint density at radius 2 is 1.89 bits per heavy atom. The molecule has 0 aromatic carbocycles. The monoisotopic (exact) mass is 505 g/mol. The summed E-state index contributed by atoms with van der Waals surface area (Å²) >= 11 is 4.93. The van der Waals surface area contributed by atoms with Crippen LogP contribution in [0, 0.1) is 10.7 Å². The first kappa shape index (κ1) is 27.6. The topological polar surface area (TPSA) is 190 Å². The minimum absolute atomic E-state index is 0.177. The zero-order chi connectivity index (χ0) is 25.8. The molecule has 0 aliphatic heterocycles. The second kappa shape index (κ2) is 13.9. The highest BCUT2D eigenvalue weighted by molar-refractivity contribution is 7.71. The maximum Gasteiger partial charge on any atom is 0.243 e. The van der Waals surface area contributed by atoms with Crippen LogP contribution < -0.4 is 21.7 Å². The molecule has 0 bridgehead atoms. The molecule has 0 spiro atoms. The standard InChI is InChI=1S/C21H31N9O4S/c1-13(2)19(20(34)24-11-18(33)23-10-16(22)31)27-17(32)6-4-3-5-7-30-12-15(28-29-30)14-8-25-21(35)26-9-14/h8-9,12-13,19H,3-7,10-11H2,1-2H3,(H2,22,31)(H,23,33)(H,24,34)(H,27,32)(H,25,26,35). The van der Waals surface area contributed by atoms with Gasteiger partial charge in [0.15, 0.2) is 4.77 Å². The number of carbonyl (C=O) groups is 4. The summed E-state index contributed by atoms with van der Waals surface area (Å²) in [5.74, 6) is -2.12. The Kier molecular flexibility index (Phi) is 10.9. The SMILES string of the molecule is CC(C)C(NC(=O)CCCCCn1cc(-c2cnc(=S)[nH]c2)nn1)C(=O)NCC(=O)NCC(N)=O. The van der Waals surface area contributed by atoms with Crippen LogP contribution in [0.25, 0.3) is 11.3 Å². The van der Waals surface area contributed by atoms with Gasteiger partial charge in [-0.15, -0.1) is 5.10 Å². The van der Waals surface area contributed by atoms with Crippen LogP contribution >= 0.6 is 12.2 Å². The van der Waals surface area contributed by atoms with Crippen LogP contribution in [0.4, 0.5) is 0 Å². The fourth-order valence-corrected chi connectivity index (χ4v) is 3.18. The number of aromatic nitrogens is 5. The number of amides is 4. The average molecular weight is 506 g/mol. The lowest BCUT2D eigenvalue weighted by atomic mass is 10.0. The molecule has 2 heterocycles. The summed E-state index contributed by atoms with van der Waals surface area (Å²) in [6, 6.07) is -0.776. The molecule has 0 aliphatic rings. The molecule has 0 saturated carbocycles. The van der Waals surface area contributed by atoms with Crippen LogP contribution in [0.1, 0.15) is 39.5 Å². The highest BCUT2D eigenvalue weighted by Gasteiger charge is 2.24. The third-order valence-corrected chi connectivity index (χ3v) is 5.17. The van der Waals surface area contributed by atoms with E-state index in [9.17, 15) is 19.2 Å². The number of carbonyl (C=O) groups excluding carboxylic acids is 4. The quantitative estimate of drug-likeness (QED) is 0.172. The fourth-order valence-electron chi connectivity index (χ4n) is 3.06. The van der Waals surface area contributed by atoms with E-state index in [2.05, 4.69) is 36.2 Å². The van der Waals surface area contributed by atoms with Crippen LogP contribution in [-0.2, 0) is 25.7 Å². The van der Waals surface area contributed by atoms with Crippen molar-refractivity contribution >= 4 is 35.8 Å². The normalized spacial score (nSPS) is 11.6. The van der Waals surface area contributed by atoms with E-state index in [1.807, 2.05) is 6.20 Å². The van der Waals surface area contributed by atoms with E-state index >= 15 is 0 Å². The van der Waals surface area contributed by atoms with E-state index in [1.54, 1.807) is 30.9 Å². The number of nitrogens with two attached hydrogens (primary N) is 1. The van der Waals surface area contributed by atoms with E-state index in [-0.39, 0.29) is 31.3 Å². The highest BCUT2D eigenvalue weighted by atomic mass is 32.1. The Bertz CT molecular complexity index is 1060. The summed E-state index contributed by atoms with van der Waals surface area (Å²) in [6.07, 6.45) is 7.70. The first-order valence-electron chi connectivity index (χ1n) is 11.2. The smallest absolute Gasteiger partial charge is 0.243 e.